The molecule has 0 aliphatic carbocycles. The minimum Gasteiger partial charge on any atom is -0.385 e. The fourth-order valence-electron chi connectivity index (χ4n) is 4.23. The van der Waals surface area contributed by atoms with Crippen molar-refractivity contribution in [1.82, 2.24) is 14.8 Å². The predicted molar refractivity (Wildman–Crippen MR) is 137 cm³/mol. The summed E-state index contributed by atoms with van der Waals surface area (Å²) < 4.78 is 44.1. The van der Waals surface area contributed by atoms with Crippen LogP contribution in [0.3, 0.4) is 0 Å². The number of nitrogens with zero attached hydrogens (tertiary/aromatic N) is 2. The molecule has 200 valence electrons. The summed E-state index contributed by atoms with van der Waals surface area (Å²) >= 11 is 0. The number of carbonyl (C=O) groups excluding carboxylic acids is 2. The first-order chi connectivity index (χ1) is 17.7. The van der Waals surface area contributed by atoms with Crippen LogP contribution < -0.4 is 0 Å². The van der Waals surface area contributed by atoms with Gasteiger partial charge in [0.05, 0.1) is 12.1 Å². The van der Waals surface area contributed by atoms with E-state index < -0.39 is 11.7 Å². The van der Waals surface area contributed by atoms with E-state index in [4.69, 9.17) is 4.74 Å². The maximum Gasteiger partial charge on any atom is 0.416 e. The van der Waals surface area contributed by atoms with E-state index in [9.17, 15) is 22.8 Å². The number of aromatic amines is 1. The highest BCUT2D eigenvalue weighted by Gasteiger charge is 2.30. The van der Waals surface area contributed by atoms with Gasteiger partial charge in [0.1, 0.15) is 0 Å². The van der Waals surface area contributed by atoms with Gasteiger partial charge in [0, 0.05) is 56.9 Å². The number of halogens is 3. The van der Waals surface area contributed by atoms with E-state index in [0.717, 1.165) is 28.6 Å². The zero-order valence-electron chi connectivity index (χ0n) is 21.3. The van der Waals surface area contributed by atoms with Gasteiger partial charge >= 0.3 is 6.18 Å². The molecule has 3 aromatic rings. The lowest BCUT2D eigenvalue weighted by Gasteiger charge is -2.28. The Kier molecular flexibility index (Phi) is 10.1. The molecule has 0 bridgehead atoms. The summed E-state index contributed by atoms with van der Waals surface area (Å²) in [5.74, 6) is -0.348. The quantitative estimate of drug-likeness (QED) is 0.308. The third-order valence-corrected chi connectivity index (χ3v) is 6.25. The van der Waals surface area contributed by atoms with Crippen molar-refractivity contribution in [1.29, 1.82) is 0 Å². The van der Waals surface area contributed by atoms with Crippen LogP contribution in [0, 0.1) is 0 Å². The third-order valence-electron chi connectivity index (χ3n) is 6.25. The zero-order chi connectivity index (χ0) is 26.8. The lowest BCUT2D eigenvalue weighted by molar-refractivity contribution is -0.141. The Morgan fingerprint density at radius 2 is 1.70 bits per heavy atom. The van der Waals surface area contributed by atoms with Gasteiger partial charge in [-0.25, -0.2) is 0 Å². The van der Waals surface area contributed by atoms with Crippen molar-refractivity contribution in [3.8, 4) is 0 Å². The van der Waals surface area contributed by atoms with Crippen molar-refractivity contribution in [3.63, 3.8) is 0 Å². The molecule has 1 heterocycles. The van der Waals surface area contributed by atoms with Gasteiger partial charge in [-0.3, -0.25) is 9.59 Å². The van der Waals surface area contributed by atoms with Gasteiger partial charge in [0.2, 0.25) is 11.8 Å². The van der Waals surface area contributed by atoms with E-state index >= 15 is 0 Å². The molecule has 0 saturated heterocycles. The summed E-state index contributed by atoms with van der Waals surface area (Å²) in [6.45, 7) is 3.19. The summed E-state index contributed by atoms with van der Waals surface area (Å²) in [7, 11) is 1.58. The summed E-state index contributed by atoms with van der Waals surface area (Å²) in [6, 6.07) is 12.7. The number of hydrogen-bond acceptors (Lipinski definition) is 3. The second-order valence-electron chi connectivity index (χ2n) is 9.03. The van der Waals surface area contributed by atoms with Crippen LogP contribution >= 0.6 is 0 Å². The normalized spacial score (nSPS) is 11.6. The second-order valence-corrected chi connectivity index (χ2v) is 9.03. The molecule has 9 heteroatoms. The molecule has 0 atom stereocenters. The van der Waals surface area contributed by atoms with Crippen molar-refractivity contribution in [2.24, 2.45) is 0 Å². The molecule has 3 rings (SSSR count). The molecule has 0 fully saturated rings. The number of aromatic nitrogens is 1. The first-order valence-electron chi connectivity index (χ1n) is 12.5. The zero-order valence-corrected chi connectivity index (χ0v) is 21.3. The molecule has 0 aliphatic rings. The van der Waals surface area contributed by atoms with Gasteiger partial charge in [-0.05, 0) is 48.6 Å². The summed E-state index contributed by atoms with van der Waals surface area (Å²) in [4.78, 5) is 32.5. The summed E-state index contributed by atoms with van der Waals surface area (Å²) in [6.07, 6.45) is -0.340. The molecule has 1 aromatic heterocycles. The maximum absolute atomic E-state index is 13.5. The van der Waals surface area contributed by atoms with Gasteiger partial charge in [-0.2, -0.15) is 13.2 Å². The molecular weight excluding hydrogens is 483 g/mol. The largest absolute Gasteiger partial charge is 0.416 e. The van der Waals surface area contributed by atoms with Crippen molar-refractivity contribution >= 4 is 22.7 Å². The number of benzene rings is 2. The number of hydrogen-bond donors (Lipinski definition) is 1. The molecule has 2 amide bonds. The SMILES string of the molecule is CCCC(=O)N(CCCOC)CC(=O)N(CCc1c[nH]c2ccccc12)Cc1ccc(C(F)(F)F)cc1. The predicted octanol–water partition coefficient (Wildman–Crippen LogP) is 5.42. The summed E-state index contributed by atoms with van der Waals surface area (Å²) in [5.41, 5.74) is 1.89. The van der Waals surface area contributed by atoms with E-state index in [1.54, 1.807) is 16.9 Å². The number of rotatable bonds is 13. The monoisotopic (exact) mass is 517 g/mol. The van der Waals surface area contributed by atoms with E-state index in [1.807, 2.05) is 37.4 Å². The van der Waals surface area contributed by atoms with Gasteiger partial charge in [0.25, 0.3) is 0 Å². The van der Waals surface area contributed by atoms with Gasteiger partial charge in [-0.1, -0.05) is 37.3 Å². The van der Waals surface area contributed by atoms with Crippen LogP contribution in [0.25, 0.3) is 10.9 Å². The highest BCUT2D eigenvalue weighted by molar-refractivity contribution is 5.85. The minimum atomic E-state index is -4.42. The maximum atomic E-state index is 13.5. The van der Waals surface area contributed by atoms with Crippen LogP contribution in [0.4, 0.5) is 13.2 Å². The number of amides is 2. The fourth-order valence-corrected chi connectivity index (χ4v) is 4.23. The van der Waals surface area contributed by atoms with Crippen LogP contribution in [0.5, 0.6) is 0 Å². The molecule has 0 aliphatic heterocycles. The Labute approximate surface area is 215 Å². The van der Waals surface area contributed by atoms with Crippen LogP contribution in [-0.2, 0) is 33.5 Å². The standard InChI is InChI=1S/C28H34F3N3O3/c1-3-7-26(35)33(15-6-17-37-2)20-27(36)34(19-21-10-12-23(13-11-21)28(29,30)31)16-14-22-18-32-25-9-5-4-8-24(22)25/h4-5,8-13,18,32H,3,6-7,14-17,19-20H2,1-2H3. The number of carbonyl (C=O) groups is 2. The van der Waals surface area contributed by atoms with Crippen LogP contribution in [0.1, 0.15) is 42.9 Å². The van der Waals surface area contributed by atoms with E-state index in [2.05, 4.69) is 4.98 Å². The molecule has 1 N–H and O–H groups in total. The summed E-state index contributed by atoms with van der Waals surface area (Å²) in [5, 5.41) is 1.06. The second kappa shape index (κ2) is 13.3. The average molecular weight is 518 g/mol. The Balaban J connectivity index is 1.79. The molecular formula is C28H34F3N3O3. The van der Waals surface area contributed by atoms with Crippen LogP contribution in [0.2, 0.25) is 0 Å². The fraction of sp³-hybridized carbons (Fsp3) is 0.429. The first-order valence-corrected chi connectivity index (χ1v) is 12.5. The topological polar surface area (TPSA) is 65.6 Å². The number of para-hydroxylation sites is 1. The molecule has 37 heavy (non-hydrogen) atoms. The Hall–Kier alpha value is -3.33. The highest BCUT2D eigenvalue weighted by Crippen LogP contribution is 2.29. The Morgan fingerprint density at radius 3 is 2.38 bits per heavy atom. The molecule has 0 radical (unpaired) electrons. The smallest absolute Gasteiger partial charge is 0.385 e. The van der Waals surface area contributed by atoms with Crippen molar-refractivity contribution < 1.29 is 27.5 Å². The van der Waals surface area contributed by atoms with E-state index in [-0.39, 0.29) is 24.9 Å². The lowest BCUT2D eigenvalue weighted by atomic mass is 10.1. The highest BCUT2D eigenvalue weighted by atomic mass is 19.4. The van der Waals surface area contributed by atoms with Crippen LogP contribution in [-0.4, -0.2) is 59.9 Å². The number of methoxy groups -OCH3 is 1. The van der Waals surface area contributed by atoms with Crippen molar-refractivity contribution in [3.05, 3.63) is 71.4 Å². The number of alkyl halides is 3. The van der Waals surface area contributed by atoms with Crippen molar-refractivity contribution in [2.45, 2.75) is 45.3 Å². The van der Waals surface area contributed by atoms with Gasteiger partial charge in [0.15, 0.2) is 0 Å². The number of ether oxygens (including phenoxy) is 1. The van der Waals surface area contributed by atoms with Crippen LogP contribution in [0.15, 0.2) is 54.7 Å². The lowest BCUT2D eigenvalue weighted by Crippen LogP contribution is -2.43. The van der Waals surface area contributed by atoms with Crippen molar-refractivity contribution in [2.75, 3.05) is 33.4 Å². The molecule has 6 nitrogen and oxygen atoms in total. The number of fused-ring (bicyclic) bond motifs is 1. The molecule has 0 saturated carbocycles. The van der Waals surface area contributed by atoms with E-state index in [1.165, 1.54) is 12.1 Å². The Morgan fingerprint density at radius 1 is 0.973 bits per heavy atom. The molecule has 2 aromatic carbocycles. The molecule has 0 spiro atoms. The number of H-pyrrole nitrogens is 1. The minimum absolute atomic E-state index is 0.0862. The average Bonchev–Trinajstić information content (AvgIpc) is 3.29. The Bertz CT molecular complexity index is 1160. The van der Waals surface area contributed by atoms with Gasteiger partial charge in [-0.15, -0.1) is 0 Å². The first kappa shape index (κ1) is 28.2. The number of nitrogens with one attached hydrogen (secondary N) is 1. The third kappa shape index (κ3) is 8.08. The van der Waals surface area contributed by atoms with Gasteiger partial charge < -0.3 is 19.5 Å². The molecule has 0 unspecified atom stereocenters. The van der Waals surface area contributed by atoms with E-state index in [0.29, 0.717) is 50.9 Å².